The second kappa shape index (κ2) is 6.91. The first-order chi connectivity index (χ1) is 8.47. The molecule has 3 heteroatoms. The third-order valence-corrected chi connectivity index (χ3v) is 3.77. The highest BCUT2D eigenvalue weighted by atomic mass is 35.5. The van der Waals surface area contributed by atoms with E-state index in [4.69, 9.17) is 11.6 Å². The number of carbonyl (C=O) groups excluding carboxylic acids is 1. The number of ketones is 1. The Morgan fingerprint density at radius 3 is 2.33 bits per heavy atom. The van der Waals surface area contributed by atoms with Gasteiger partial charge < -0.3 is 0 Å². The van der Waals surface area contributed by atoms with Crippen LogP contribution in [0.25, 0.3) is 0 Å². The molecule has 0 saturated heterocycles. The van der Waals surface area contributed by atoms with Gasteiger partial charge in [-0.15, -0.1) is 0 Å². The van der Waals surface area contributed by atoms with Gasteiger partial charge in [0.25, 0.3) is 0 Å². The van der Waals surface area contributed by atoms with Gasteiger partial charge in [-0.2, -0.15) is 0 Å². The van der Waals surface area contributed by atoms with Crippen molar-refractivity contribution in [2.75, 3.05) is 7.05 Å². The molecule has 1 rings (SSSR count). The quantitative estimate of drug-likeness (QED) is 0.726. The average molecular weight is 268 g/mol. The number of carbonyl (C=O) groups is 1. The minimum atomic E-state index is -0.104. The molecular formula is C15H22ClNO. The number of hydrogen-bond donors (Lipinski definition) is 0. The maximum absolute atomic E-state index is 12.3. The van der Waals surface area contributed by atoms with Gasteiger partial charge in [-0.3, -0.25) is 9.69 Å². The van der Waals surface area contributed by atoms with E-state index in [2.05, 4.69) is 18.7 Å². The van der Waals surface area contributed by atoms with E-state index in [-0.39, 0.29) is 11.8 Å². The van der Waals surface area contributed by atoms with E-state index in [0.29, 0.717) is 11.1 Å². The Bertz CT molecular complexity index is 388. The van der Waals surface area contributed by atoms with Crippen LogP contribution in [0.4, 0.5) is 0 Å². The molecule has 2 unspecified atom stereocenters. The third kappa shape index (κ3) is 3.82. The second-order valence-corrected chi connectivity index (χ2v) is 5.29. The lowest BCUT2D eigenvalue weighted by Gasteiger charge is -2.29. The van der Waals surface area contributed by atoms with E-state index >= 15 is 0 Å². The van der Waals surface area contributed by atoms with Crippen molar-refractivity contribution in [2.45, 2.75) is 45.7 Å². The summed E-state index contributed by atoms with van der Waals surface area (Å²) in [7, 11) is 2.01. The van der Waals surface area contributed by atoms with Gasteiger partial charge in [-0.25, -0.2) is 0 Å². The van der Waals surface area contributed by atoms with Gasteiger partial charge in [-0.1, -0.05) is 24.9 Å². The van der Waals surface area contributed by atoms with E-state index in [1.807, 2.05) is 14.0 Å². The summed E-state index contributed by atoms with van der Waals surface area (Å²) in [6, 6.07) is 7.42. The molecule has 0 fully saturated rings. The third-order valence-electron chi connectivity index (χ3n) is 3.52. The average Bonchev–Trinajstić information content (AvgIpc) is 2.37. The van der Waals surface area contributed by atoms with E-state index in [1.54, 1.807) is 24.3 Å². The topological polar surface area (TPSA) is 20.3 Å². The largest absolute Gasteiger partial charge is 0.294 e. The molecule has 2 nitrogen and oxygen atoms in total. The van der Waals surface area contributed by atoms with E-state index in [0.717, 1.165) is 18.4 Å². The van der Waals surface area contributed by atoms with Gasteiger partial charge in [0, 0.05) is 16.6 Å². The molecule has 0 bridgehead atoms. The highest BCUT2D eigenvalue weighted by molar-refractivity contribution is 6.30. The van der Waals surface area contributed by atoms with Gasteiger partial charge in [0.2, 0.25) is 0 Å². The molecule has 0 aliphatic carbocycles. The molecule has 0 N–H and O–H groups in total. The van der Waals surface area contributed by atoms with Crippen LogP contribution in [0.3, 0.4) is 0 Å². The summed E-state index contributed by atoms with van der Waals surface area (Å²) in [5, 5.41) is 0.659. The van der Waals surface area contributed by atoms with Crippen molar-refractivity contribution in [1.82, 2.24) is 4.90 Å². The zero-order valence-corrected chi connectivity index (χ0v) is 12.4. The van der Waals surface area contributed by atoms with Crippen LogP contribution >= 0.6 is 11.6 Å². The second-order valence-electron chi connectivity index (χ2n) is 4.85. The summed E-state index contributed by atoms with van der Waals surface area (Å²) < 4.78 is 0. The zero-order valence-electron chi connectivity index (χ0n) is 11.6. The molecule has 0 radical (unpaired) electrons. The summed E-state index contributed by atoms with van der Waals surface area (Å²) in [4.78, 5) is 14.5. The fourth-order valence-corrected chi connectivity index (χ4v) is 2.17. The normalized spacial score (nSPS) is 14.6. The lowest BCUT2D eigenvalue weighted by Crippen LogP contribution is -2.41. The van der Waals surface area contributed by atoms with Gasteiger partial charge in [-0.05, 0) is 51.6 Å². The highest BCUT2D eigenvalue weighted by Gasteiger charge is 2.22. The molecule has 0 saturated carbocycles. The van der Waals surface area contributed by atoms with Crippen molar-refractivity contribution >= 4 is 17.4 Å². The Hall–Kier alpha value is -0.860. The van der Waals surface area contributed by atoms with E-state index in [9.17, 15) is 4.79 Å². The zero-order chi connectivity index (χ0) is 13.7. The number of benzene rings is 1. The molecule has 0 spiro atoms. The SMILES string of the molecule is CCCC(C)N(C)C(C)C(=O)c1ccc(Cl)cc1. The van der Waals surface area contributed by atoms with Crippen molar-refractivity contribution in [1.29, 1.82) is 0 Å². The van der Waals surface area contributed by atoms with Crippen molar-refractivity contribution in [3.63, 3.8) is 0 Å². The van der Waals surface area contributed by atoms with E-state index < -0.39 is 0 Å². The van der Waals surface area contributed by atoms with Crippen LogP contribution in [0.15, 0.2) is 24.3 Å². The Balaban J connectivity index is 2.74. The highest BCUT2D eigenvalue weighted by Crippen LogP contribution is 2.15. The fourth-order valence-electron chi connectivity index (χ4n) is 2.04. The Kier molecular flexibility index (Phi) is 5.83. The standard InChI is InChI=1S/C15H22ClNO/c1-5-6-11(2)17(4)12(3)15(18)13-7-9-14(16)10-8-13/h7-12H,5-6H2,1-4H3. The number of likely N-dealkylation sites (N-methyl/N-ethyl adjacent to an activating group) is 1. The Labute approximate surface area is 115 Å². The van der Waals surface area contributed by atoms with Crippen LogP contribution in [0.2, 0.25) is 5.02 Å². The summed E-state index contributed by atoms with van der Waals surface area (Å²) in [5.41, 5.74) is 0.724. The molecular weight excluding hydrogens is 246 g/mol. The maximum Gasteiger partial charge on any atom is 0.179 e. The minimum absolute atomic E-state index is 0.104. The molecule has 1 aromatic carbocycles. The van der Waals surface area contributed by atoms with Crippen LogP contribution in [-0.2, 0) is 0 Å². The lowest BCUT2D eigenvalue weighted by atomic mass is 10.0. The van der Waals surface area contributed by atoms with Crippen LogP contribution < -0.4 is 0 Å². The molecule has 0 aromatic heterocycles. The van der Waals surface area contributed by atoms with Crippen LogP contribution in [-0.4, -0.2) is 29.8 Å². The van der Waals surface area contributed by atoms with Crippen molar-refractivity contribution in [3.05, 3.63) is 34.9 Å². The summed E-state index contributed by atoms with van der Waals surface area (Å²) in [6.45, 7) is 6.29. The summed E-state index contributed by atoms with van der Waals surface area (Å²) >= 11 is 5.83. The van der Waals surface area contributed by atoms with Gasteiger partial charge >= 0.3 is 0 Å². The number of rotatable bonds is 6. The van der Waals surface area contributed by atoms with Gasteiger partial charge in [0.05, 0.1) is 6.04 Å². The Morgan fingerprint density at radius 2 is 1.83 bits per heavy atom. The molecule has 100 valence electrons. The van der Waals surface area contributed by atoms with Crippen LogP contribution in [0.5, 0.6) is 0 Å². The molecule has 18 heavy (non-hydrogen) atoms. The Morgan fingerprint density at radius 1 is 1.28 bits per heavy atom. The number of halogens is 1. The molecule has 0 amide bonds. The fraction of sp³-hybridized carbons (Fsp3) is 0.533. The predicted octanol–water partition coefficient (Wildman–Crippen LogP) is 4.03. The molecule has 2 atom stereocenters. The van der Waals surface area contributed by atoms with Crippen molar-refractivity contribution in [3.8, 4) is 0 Å². The van der Waals surface area contributed by atoms with Crippen LogP contribution in [0.1, 0.15) is 44.0 Å². The molecule has 0 aliphatic rings. The smallest absolute Gasteiger partial charge is 0.179 e. The van der Waals surface area contributed by atoms with Gasteiger partial charge in [0.1, 0.15) is 0 Å². The predicted molar refractivity (Wildman–Crippen MR) is 77.4 cm³/mol. The van der Waals surface area contributed by atoms with Crippen molar-refractivity contribution in [2.24, 2.45) is 0 Å². The molecule has 0 aliphatic heterocycles. The molecule has 1 aromatic rings. The van der Waals surface area contributed by atoms with Crippen LogP contribution in [0, 0.1) is 0 Å². The minimum Gasteiger partial charge on any atom is -0.294 e. The molecule has 0 heterocycles. The number of Topliss-reactive ketones (excluding diaryl/α,β-unsaturated/α-hetero) is 1. The monoisotopic (exact) mass is 267 g/mol. The van der Waals surface area contributed by atoms with Gasteiger partial charge in [0.15, 0.2) is 5.78 Å². The van der Waals surface area contributed by atoms with Crippen molar-refractivity contribution < 1.29 is 4.79 Å². The maximum atomic E-state index is 12.3. The summed E-state index contributed by atoms with van der Waals surface area (Å²) in [6.07, 6.45) is 2.24. The first kappa shape index (κ1) is 15.2. The first-order valence-corrected chi connectivity index (χ1v) is 6.86. The lowest BCUT2D eigenvalue weighted by molar-refractivity contribution is 0.0820. The first-order valence-electron chi connectivity index (χ1n) is 6.49. The number of nitrogens with zero attached hydrogens (tertiary/aromatic N) is 1. The van der Waals surface area contributed by atoms with E-state index in [1.165, 1.54) is 0 Å². The number of hydrogen-bond acceptors (Lipinski definition) is 2. The summed E-state index contributed by atoms with van der Waals surface area (Å²) in [5.74, 6) is 0.150.